The highest BCUT2D eigenvalue weighted by Gasteiger charge is 2.13. The van der Waals surface area contributed by atoms with Crippen LogP contribution in [0.3, 0.4) is 0 Å². The Morgan fingerprint density at radius 1 is 0.867 bits per heavy atom. The Hall–Kier alpha value is -0.0400. The van der Waals surface area contributed by atoms with Crippen molar-refractivity contribution in [3.05, 3.63) is 0 Å². The molecule has 0 rings (SSSR count). The van der Waals surface area contributed by atoms with Crippen LogP contribution < -0.4 is 5.32 Å². The van der Waals surface area contributed by atoms with Gasteiger partial charge < -0.3 is 5.32 Å². The van der Waals surface area contributed by atoms with Crippen molar-refractivity contribution < 1.29 is 0 Å². The fourth-order valence-electron chi connectivity index (χ4n) is 2.10. The van der Waals surface area contributed by atoms with Crippen molar-refractivity contribution in [3.63, 3.8) is 0 Å². The molecule has 0 saturated carbocycles. The van der Waals surface area contributed by atoms with Crippen molar-refractivity contribution in [3.8, 4) is 0 Å². The summed E-state index contributed by atoms with van der Waals surface area (Å²) in [5.74, 6) is 1.67. The maximum atomic E-state index is 3.67. The van der Waals surface area contributed by atoms with Gasteiger partial charge in [-0.1, -0.05) is 47.5 Å². The number of hydrogen-bond acceptors (Lipinski definition) is 1. The molecule has 1 N–H and O–H groups in total. The van der Waals surface area contributed by atoms with Crippen LogP contribution in [0.2, 0.25) is 0 Å². The summed E-state index contributed by atoms with van der Waals surface area (Å²) in [4.78, 5) is 0. The summed E-state index contributed by atoms with van der Waals surface area (Å²) >= 11 is 0. The lowest BCUT2D eigenvalue weighted by atomic mass is 9.92. The minimum Gasteiger partial charge on any atom is -0.314 e. The second kappa shape index (κ2) is 9.21. The Kier molecular flexibility index (Phi) is 9.18. The normalized spacial score (nSPS) is 15.6. The molecule has 0 amide bonds. The molecule has 0 aliphatic rings. The third-order valence-electron chi connectivity index (χ3n) is 3.21. The van der Waals surface area contributed by atoms with Crippen LogP contribution in [-0.2, 0) is 0 Å². The predicted octanol–water partition coefficient (Wildman–Crippen LogP) is 4.23. The van der Waals surface area contributed by atoms with E-state index in [1.54, 1.807) is 0 Å². The first kappa shape index (κ1) is 15.0. The largest absolute Gasteiger partial charge is 0.314 e. The summed E-state index contributed by atoms with van der Waals surface area (Å²) in [5.41, 5.74) is 0. The Morgan fingerprint density at radius 2 is 1.53 bits per heavy atom. The SMILES string of the molecule is CCCNC(CCC(C)CCC)C(C)C. The van der Waals surface area contributed by atoms with Gasteiger partial charge in [-0.2, -0.15) is 0 Å². The molecule has 1 heteroatoms. The quantitative estimate of drug-likeness (QED) is 0.604. The highest BCUT2D eigenvalue weighted by Crippen LogP contribution is 2.17. The zero-order valence-corrected chi connectivity index (χ0v) is 11.5. The van der Waals surface area contributed by atoms with Gasteiger partial charge in [0.2, 0.25) is 0 Å². The molecule has 0 bridgehead atoms. The van der Waals surface area contributed by atoms with Crippen molar-refractivity contribution in [2.24, 2.45) is 11.8 Å². The molecule has 0 aliphatic carbocycles. The minimum absolute atomic E-state index is 0.726. The third kappa shape index (κ3) is 7.84. The molecule has 0 fully saturated rings. The number of rotatable bonds is 9. The van der Waals surface area contributed by atoms with Gasteiger partial charge in [0.25, 0.3) is 0 Å². The highest BCUT2D eigenvalue weighted by atomic mass is 14.9. The van der Waals surface area contributed by atoms with E-state index in [1.807, 2.05) is 0 Å². The molecule has 0 heterocycles. The van der Waals surface area contributed by atoms with Gasteiger partial charge in [-0.25, -0.2) is 0 Å². The van der Waals surface area contributed by atoms with Crippen LogP contribution >= 0.6 is 0 Å². The molecule has 1 nitrogen and oxygen atoms in total. The summed E-state index contributed by atoms with van der Waals surface area (Å²) in [7, 11) is 0. The standard InChI is InChI=1S/C14H31N/c1-6-8-13(5)9-10-14(12(3)4)15-11-7-2/h12-15H,6-11H2,1-5H3. The summed E-state index contributed by atoms with van der Waals surface area (Å²) < 4.78 is 0. The zero-order chi connectivity index (χ0) is 11.7. The minimum atomic E-state index is 0.726. The highest BCUT2D eigenvalue weighted by molar-refractivity contribution is 4.71. The van der Waals surface area contributed by atoms with E-state index in [-0.39, 0.29) is 0 Å². The molecule has 0 spiro atoms. The van der Waals surface area contributed by atoms with Gasteiger partial charge in [0.05, 0.1) is 0 Å². The van der Waals surface area contributed by atoms with E-state index < -0.39 is 0 Å². The van der Waals surface area contributed by atoms with E-state index >= 15 is 0 Å². The van der Waals surface area contributed by atoms with Crippen LogP contribution in [0, 0.1) is 11.8 Å². The Labute approximate surface area is 97.0 Å². The monoisotopic (exact) mass is 213 g/mol. The topological polar surface area (TPSA) is 12.0 Å². The summed E-state index contributed by atoms with van der Waals surface area (Å²) in [5, 5.41) is 3.67. The molecule has 0 aromatic rings. The van der Waals surface area contributed by atoms with Crippen LogP contribution in [0.5, 0.6) is 0 Å². The molecule has 0 radical (unpaired) electrons. The smallest absolute Gasteiger partial charge is 0.00901 e. The van der Waals surface area contributed by atoms with Gasteiger partial charge in [-0.15, -0.1) is 0 Å². The van der Waals surface area contributed by atoms with E-state index in [9.17, 15) is 0 Å². The Morgan fingerprint density at radius 3 is 2.00 bits per heavy atom. The Bertz CT molecular complexity index is 131. The molecule has 0 saturated heterocycles. The van der Waals surface area contributed by atoms with Gasteiger partial charge in [0.15, 0.2) is 0 Å². The fourth-order valence-corrected chi connectivity index (χ4v) is 2.10. The second-order valence-corrected chi connectivity index (χ2v) is 5.28. The molecule has 0 aromatic carbocycles. The molecule has 0 aromatic heterocycles. The lowest BCUT2D eigenvalue weighted by Gasteiger charge is -2.23. The van der Waals surface area contributed by atoms with Crippen LogP contribution in [-0.4, -0.2) is 12.6 Å². The first-order valence-electron chi connectivity index (χ1n) is 6.85. The van der Waals surface area contributed by atoms with Crippen molar-refractivity contribution in [1.82, 2.24) is 5.32 Å². The van der Waals surface area contributed by atoms with E-state index in [0.717, 1.165) is 17.9 Å². The molecular formula is C14H31N. The van der Waals surface area contributed by atoms with Crippen molar-refractivity contribution in [1.29, 1.82) is 0 Å². The van der Waals surface area contributed by atoms with Crippen molar-refractivity contribution >= 4 is 0 Å². The van der Waals surface area contributed by atoms with Gasteiger partial charge >= 0.3 is 0 Å². The fraction of sp³-hybridized carbons (Fsp3) is 1.00. The second-order valence-electron chi connectivity index (χ2n) is 5.28. The molecule has 15 heavy (non-hydrogen) atoms. The molecule has 2 unspecified atom stereocenters. The summed E-state index contributed by atoms with van der Waals surface area (Å²) in [6.07, 6.45) is 6.69. The third-order valence-corrected chi connectivity index (χ3v) is 3.21. The van der Waals surface area contributed by atoms with E-state index in [2.05, 4.69) is 39.9 Å². The average Bonchev–Trinajstić information content (AvgIpc) is 2.17. The first-order chi connectivity index (χ1) is 7.11. The van der Waals surface area contributed by atoms with E-state index in [1.165, 1.54) is 38.6 Å². The Balaban J connectivity index is 3.74. The molecule has 2 atom stereocenters. The average molecular weight is 213 g/mol. The predicted molar refractivity (Wildman–Crippen MR) is 70.2 cm³/mol. The molecule has 92 valence electrons. The van der Waals surface area contributed by atoms with Gasteiger partial charge in [0, 0.05) is 6.04 Å². The van der Waals surface area contributed by atoms with E-state index in [4.69, 9.17) is 0 Å². The molecular weight excluding hydrogens is 182 g/mol. The number of nitrogens with one attached hydrogen (secondary N) is 1. The zero-order valence-electron chi connectivity index (χ0n) is 11.5. The lowest BCUT2D eigenvalue weighted by molar-refractivity contribution is 0.339. The summed E-state index contributed by atoms with van der Waals surface area (Å²) in [6, 6.07) is 0.726. The van der Waals surface area contributed by atoms with Crippen LogP contribution in [0.15, 0.2) is 0 Å². The lowest BCUT2D eigenvalue weighted by Crippen LogP contribution is -2.34. The maximum Gasteiger partial charge on any atom is 0.00901 e. The first-order valence-corrected chi connectivity index (χ1v) is 6.85. The van der Waals surface area contributed by atoms with Crippen LogP contribution in [0.1, 0.15) is 66.7 Å². The summed E-state index contributed by atoms with van der Waals surface area (Å²) in [6.45, 7) is 12.7. The van der Waals surface area contributed by atoms with Crippen molar-refractivity contribution in [2.45, 2.75) is 72.8 Å². The number of hydrogen-bond donors (Lipinski definition) is 1. The maximum absolute atomic E-state index is 3.67. The van der Waals surface area contributed by atoms with Gasteiger partial charge in [-0.3, -0.25) is 0 Å². The van der Waals surface area contributed by atoms with Crippen LogP contribution in [0.4, 0.5) is 0 Å². The van der Waals surface area contributed by atoms with Gasteiger partial charge in [-0.05, 0) is 37.6 Å². The van der Waals surface area contributed by atoms with Crippen LogP contribution in [0.25, 0.3) is 0 Å². The van der Waals surface area contributed by atoms with Crippen molar-refractivity contribution in [2.75, 3.05) is 6.54 Å². The molecule has 0 aliphatic heterocycles. The van der Waals surface area contributed by atoms with E-state index in [0.29, 0.717) is 0 Å². The van der Waals surface area contributed by atoms with Gasteiger partial charge in [0.1, 0.15) is 0 Å².